The van der Waals surface area contributed by atoms with Crippen LogP contribution in [0.2, 0.25) is 0 Å². The van der Waals surface area contributed by atoms with Crippen molar-refractivity contribution in [2.24, 2.45) is 0 Å². The van der Waals surface area contributed by atoms with Crippen LogP contribution >= 0.6 is 0 Å². The summed E-state index contributed by atoms with van der Waals surface area (Å²) < 4.78 is 19.8. The minimum atomic E-state index is -0.200. The van der Waals surface area contributed by atoms with E-state index in [4.69, 9.17) is 4.74 Å². The summed E-state index contributed by atoms with van der Waals surface area (Å²) in [5.41, 5.74) is 3.46. The molecule has 21 heavy (non-hydrogen) atoms. The zero-order chi connectivity index (χ0) is 14.8. The van der Waals surface area contributed by atoms with Crippen LogP contribution < -0.4 is 10.1 Å². The van der Waals surface area contributed by atoms with Crippen molar-refractivity contribution in [3.8, 4) is 16.9 Å². The Hall–Kier alpha value is -1.87. The van der Waals surface area contributed by atoms with Crippen molar-refractivity contribution in [2.45, 2.75) is 32.4 Å². The molecule has 1 aliphatic rings. The Morgan fingerprint density at radius 3 is 2.62 bits per heavy atom. The molecule has 2 aromatic rings. The van der Waals surface area contributed by atoms with E-state index in [9.17, 15) is 4.39 Å². The highest BCUT2D eigenvalue weighted by Gasteiger charge is 2.20. The van der Waals surface area contributed by atoms with E-state index >= 15 is 0 Å². The van der Waals surface area contributed by atoms with Crippen LogP contribution in [-0.2, 0) is 6.54 Å². The Morgan fingerprint density at radius 2 is 1.95 bits per heavy atom. The lowest BCUT2D eigenvalue weighted by Crippen LogP contribution is -2.15. The SMILES string of the molecule is COc1ccc(C)cc1-c1ccc(CNC2CC2)cc1F. The van der Waals surface area contributed by atoms with E-state index in [1.165, 1.54) is 12.8 Å². The molecule has 3 heteroatoms. The molecule has 0 aliphatic heterocycles. The van der Waals surface area contributed by atoms with Crippen LogP contribution in [0.3, 0.4) is 0 Å². The second-order valence-corrected chi connectivity index (χ2v) is 5.67. The molecule has 1 saturated carbocycles. The molecule has 1 fully saturated rings. The Morgan fingerprint density at radius 1 is 1.14 bits per heavy atom. The average Bonchev–Trinajstić information content (AvgIpc) is 3.29. The largest absolute Gasteiger partial charge is 0.496 e. The third-order valence-corrected chi connectivity index (χ3v) is 3.85. The zero-order valence-electron chi connectivity index (χ0n) is 12.4. The Labute approximate surface area is 125 Å². The first kappa shape index (κ1) is 14.1. The van der Waals surface area contributed by atoms with Crippen molar-refractivity contribution in [1.29, 1.82) is 0 Å². The van der Waals surface area contributed by atoms with Crippen molar-refractivity contribution in [2.75, 3.05) is 7.11 Å². The Kier molecular flexibility index (Phi) is 3.93. The molecule has 2 nitrogen and oxygen atoms in total. The lowest BCUT2D eigenvalue weighted by Gasteiger charge is -2.12. The Balaban J connectivity index is 1.89. The van der Waals surface area contributed by atoms with E-state index in [-0.39, 0.29) is 5.82 Å². The highest BCUT2D eigenvalue weighted by Crippen LogP contribution is 2.33. The lowest BCUT2D eigenvalue weighted by atomic mass is 10.00. The molecule has 0 unspecified atom stereocenters. The molecule has 0 amide bonds. The standard InChI is InChI=1S/C18H20FNO/c1-12-3-8-18(21-2)16(9-12)15-7-4-13(10-17(15)19)11-20-14-5-6-14/h3-4,7-10,14,20H,5-6,11H2,1-2H3. The number of benzene rings is 2. The molecule has 0 aromatic heterocycles. The van der Waals surface area contributed by atoms with Crippen molar-refractivity contribution >= 4 is 0 Å². The van der Waals surface area contributed by atoms with Gasteiger partial charge in [0.1, 0.15) is 11.6 Å². The first-order chi connectivity index (χ1) is 10.2. The quantitative estimate of drug-likeness (QED) is 0.894. The van der Waals surface area contributed by atoms with Gasteiger partial charge in [-0.25, -0.2) is 4.39 Å². The van der Waals surface area contributed by atoms with Crippen LogP contribution in [0, 0.1) is 12.7 Å². The topological polar surface area (TPSA) is 21.3 Å². The van der Waals surface area contributed by atoms with Gasteiger partial charge in [0.2, 0.25) is 0 Å². The molecule has 0 atom stereocenters. The van der Waals surface area contributed by atoms with Crippen LogP contribution in [0.5, 0.6) is 5.75 Å². The minimum absolute atomic E-state index is 0.200. The van der Waals surface area contributed by atoms with E-state index in [0.717, 1.165) is 23.2 Å². The van der Waals surface area contributed by atoms with Gasteiger partial charge in [-0.05, 0) is 43.5 Å². The molecular formula is C18H20FNO. The number of hydrogen-bond acceptors (Lipinski definition) is 2. The van der Waals surface area contributed by atoms with Gasteiger partial charge in [-0.2, -0.15) is 0 Å². The summed E-state index contributed by atoms with van der Waals surface area (Å²) in [6, 6.07) is 11.9. The maximum absolute atomic E-state index is 14.4. The van der Waals surface area contributed by atoms with Crippen LogP contribution in [-0.4, -0.2) is 13.2 Å². The first-order valence-electron chi connectivity index (χ1n) is 7.34. The fourth-order valence-corrected chi connectivity index (χ4v) is 2.47. The number of halogens is 1. The van der Waals surface area contributed by atoms with Crippen molar-refractivity contribution in [3.05, 3.63) is 53.3 Å². The predicted octanol–water partition coefficient (Wildman–Crippen LogP) is 4.06. The fraction of sp³-hybridized carbons (Fsp3) is 0.333. The molecule has 110 valence electrons. The zero-order valence-corrected chi connectivity index (χ0v) is 12.4. The van der Waals surface area contributed by atoms with Gasteiger partial charge in [-0.1, -0.05) is 23.8 Å². The third kappa shape index (κ3) is 3.24. The molecule has 0 spiro atoms. The van der Waals surface area contributed by atoms with Crippen molar-refractivity contribution in [3.63, 3.8) is 0 Å². The maximum Gasteiger partial charge on any atom is 0.131 e. The summed E-state index contributed by atoms with van der Waals surface area (Å²) in [6.45, 7) is 2.72. The molecule has 0 bridgehead atoms. The summed E-state index contributed by atoms with van der Waals surface area (Å²) in [5.74, 6) is 0.498. The van der Waals surface area contributed by atoms with Gasteiger partial charge in [0.15, 0.2) is 0 Å². The van der Waals surface area contributed by atoms with E-state index in [1.54, 1.807) is 13.2 Å². The number of methoxy groups -OCH3 is 1. The highest BCUT2D eigenvalue weighted by molar-refractivity contribution is 5.72. The van der Waals surface area contributed by atoms with Crippen LogP contribution in [0.1, 0.15) is 24.0 Å². The maximum atomic E-state index is 14.4. The number of ether oxygens (including phenoxy) is 1. The van der Waals surface area contributed by atoms with Crippen molar-refractivity contribution in [1.82, 2.24) is 5.32 Å². The summed E-state index contributed by atoms with van der Waals surface area (Å²) >= 11 is 0. The third-order valence-electron chi connectivity index (χ3n) is 3.85. The van der Waals surface area contributed by atoms with Gasteiger partial charge in [-0.15, -0.1) is 0 Å². The first-order valence-corrected chi connectivity index (χ1v) is 7.34. The molecule has 3 rings (SSSR count). The molecule has 2 aromatic carbocycles. The van der Waals surface area contributed by atoms with E-state index in [1.807, 2.05) is 37.3 Å². The molecule has 0 saturated heterocycles. The Bertz CT molecular complexity index is 650. The molecule has 1 aliphatic carbocycles. The number of aryl methyl sites for hydroxylation is 1. The normalized spacial score (nSPS) is 14.2. The predicted molar refractivity (Wildman–Crippen MR) is 83.0 cm³/mol. The highest BCUT2D eigenvalue weighted by atomic mass is 19.1. The minimum Gasteiger partial charge on any atom is -0.496 e. The van der Waals surface area contributed by atoms with Gasteiger partial charge in [-0.3, -0.25) is 0 Å². The van der Waals surface area contributed by atoms with E-state index in [2.05, 4.69) is 5.32 Å². The number of hydrogen-bond donors (Lipinski definition) is 1. The van der Waals surface area contributed by atoms with Gasteiger partial charge in [0.05, 0.1) is 7.11 Å². The second-order valence-electron chi connectivity index (χ2n) is 5.67. The summed E-state index contributed by atoms with van der Waals surface area (Å²) in [7, 11) is 1.61. The summed E-state index contributed by atoms with van der Waals surface area (Å²) in [5, 5.41) is 3.40. The molecular weight excluding hydrogens is 265 g/mol. The molecule has 0 radical (unpaired) electrons. The van der Waals surface area contributed by atoms with Gasteiger partial charge >= 0.3 is 0 Å². The van der Waals surface area contributed by atoms with Crippen molar-refractivity contribution < 1.29 is 9.13 Å². The second kappa shape index (κ2) is 5.86. The van der Waals surface area contributed by atoms with Crippen LogP contribution in [0.4, 0.5) is 4.39 Å². The summed E-state index contributed by atoms with van der Waals surface area (Å²) in [6.07, 6.45) is 2.47. The number of rotatable bonds is 5. The molecule has 1 N–H and O–H groups in total. The van der Waals surface area contributed by atoms with E-state index < -0.39 is 0 Å². The molecule has 0 heterocycles. The number of nitrogens with one attached hydrogen (secondary N) is 1. The van der Waals surface area contributed by atoms with E-state index in [0.29, 0.717) is 17.4 Å². The smallest absolute Gasteiger partial charge is 0.131 e. The van der Waals surface area contributed by atoms with Gasteiger partial charge < -0.3 is 10.1 Å². The average molecular weight is 285 g/mol. The lowest BCUT2D eigenvalue weighted by molar-refractivity contribution is 0.416. The van der Waals surface area contributed by atoms with Crippen LogP contribution in [0.15, 0.2) is 36.4 Å². The summed E-state index contributed by atoms with van der Waals surface area (Å²) in [4.78, 5) is 0. The monoisotopic (exact) mass is 285 g/mol. The fourth-order valence-electron chi connectivity index (χ4n) is 2.47. The van der Waals surface area contributed by atoms with Crippen LogP contribution in [0.25, 0.3) is 11.1 Å². The van der Waals surface area contributed by atoms with Gasteiger partial charge in [0, 0.05) is 23.7 Å². The van der Waals surface area contributed by atoms with Gasteiger partial charge in [0.25, 0.3) is 0 Å².